The molecule has 0 spiro atoms. The topological polar surface area (TPSA) is 40.5 Å². The van der Waals surface area contributed by atoms with E-state index in [2.05, 4.69) is 29.2 Å². The number of carbonyl (C=O) groups excluding carboxylic acids is 1. The van der Waals surface area contributed by atoms with E-state index in [-0.39, 0.29) is 11.7 Å². The molecule has 1 amide bonds. The third-order valence-corrected chi connectivity index (χ3v) is 5.86. The number of likely N-dealkylation sites (N-methyl/N-ethyl adjacent to an activating group) is 1. The Kier molecular flexibility index (Phi) is 7.09. The number of halogens is 1. The Morgan fingerprint density at radius 2 is 1.93 bits per heavy atom. The first-order valence-corrected chi connectivity index (χ1v) is 10.5. The van der Waals surface area contributed by atoms with Crippen molar-refractivity contribution in [1.82, 2.24) is 19.7 Å². The second-order valence-electron chi connectivity index (χ2n) is 8.40. The molecule has 2 aromatic rings. The molecule has 1 aromatic heterocycles. The van der Waals surface area contributed by atoms with Crippen molar-refractivity contribution in [2.45, 2.75) is 26.7 Å². The maximum atomic E-state index is 13.6. The maximum Gasteiger partial charge on any atom is 0.253 e. The molecular formula is C23H33FN4O. The van der Waals surface area contributed by atoms with Crippen LogP contribution in [0.3, 0.4) is 0 Å². The first-order chi connectivity index (χ1) is 13.8. The summed E-state index contributed by atoms with van der Waals surface area (Å²) in [5.41, 5.74) is 3.16. The highest BCUT2D eigenvalue weighted by Crippen LogP contribution is 2.22. The number of amides is 1. The quantitative estimate of drug-likeness (QED) is 0.776. The summed E-state index contributed by atoms with van der Waals surface area (Å²) >= 11 is 0. The summed E-state index contributed by atoms with van der Waals surface area (Å²) in [6.45, 7) is 8.96. The molecule has 1 N–H and O–H groups in total. The lowest BCUT2D eigenvalue weighted by molar-refractivity contribution is 0.0934. The van der Waals surface area contributed by atoms with Gasteiger partial charge in [-0.2, -0.15) is 0 Å². The SMILES string of the molecule is Cc1cc(C(=O)NCC2CCN(CCN(C)C)CC2)c(C)n1-c1cccc(F)c1. The second kappa shape index (κ2) is 9.55. The van der Waals surface area contributed by atoms with Gasteiger partial charge in [-0.05, 0) is 84.1 Å². The summed E-state index contributed by atoms with van der Waals surface area (Å²) in [6.07, 6.45) is 2.24. The summed E-state index contributed by atoms with van der Waals surface area (Å²) in [4.78, 5) is 17.5. The molecule has 2 heterocycles. The molecule has 0 aliphatic carbocycles. The fourth-order valence-electron chi connectivity index (χ4n) is 4.09. The van der Waals surface area contributed by atoms with E-state index in [0.717, 1.165) is 56.1 Å². The van der Waals surface area contributed by atoms with Crippen molar-refractivity contribution >= 4 is 5.91 Å². The van der Waals surface area contributed by atoms with Crippen LogP contribution in [0.5, 0.6) is 0 Å². The molecule has 1 aliphatic heterocycles. The van der Waals surface area contributed by atoms with Gasteiger partial charge in [0.1, 0.15) is 5.82 Å². The van der Waals surface area contributed by atoms with Gasteiger partial charge in [0.25, 0.3) is 5.91 Å². The van der Waals surface area contributed by atoms with Gasteiger partial charge >= 0.3 is 0 Å². The number of nitrogens with one attached hydrogen (secondary N) is 1. The van der Waals surface area contributed by atoms with Crippen LogP contribution in [0.25, 0.3) is 5.69 Å². The van der Waals surface area contributed by atoms with Crippen LogP contribution in [0.4, 0.5) is 4.39 Å². The first kappa shape index (κ1) is 21.5. The number of likely N-dealkylation sites (tertiary alicyclic amines) is 1. The van der Waals surface area contributed by atoms with Crippen molar-refractivity contribution in [2.75, 3.05) is 46.8 Å². The third-order valence-electron chi connectivity index (χ3n) is 5.86. The molecule has 1 aromatic carbocycles. The van der Waals surface area contributed by atoms with Crippen LogP contribution >= 0.6 is 0 Å². The Hall–Kier alpha value is -2.18. The van der Waals surface area contributed by atoms with Crippen LogP contribution in [0.15, 0.2) is 30.3 Å². The molecule has 1 aliphatic rings. The van der Waals surface area contributed by atoms with Crippen LogP contribution in [0.2, 0.25) is 0 Å². The van der Waals surface area contributed by atoms with Crippen molar-refractivity contribution in [3.63, 3.8) is 0 Å². The number of benzene rings is 1. The number of piperidine rings is 1. The Morgan fingerprint density at radius 1 is 1.21 bits per heavy atom. The number of hydrogen-bond acceptors (Lipinski definition) is 3. The molecular weight excluding hydrogens is 367 g/mol. The lowest BCUT2D eigenvalue weighted by Gasteiger charge is -2.32. The normalized spacial score (nSPS) is 15.8. The Bertz CT molecular complexity index is 837. The molecule has 1 fully saturated rings. The zero-order valence-electron chi connectivity index (χ0n) is 18.0. The molecule has 6 heteroatoms. The monoisotopic (exact) mass is 400 g/mol. The van der Waals surface area contributed by atoms with E-state index in [1.54, 1.807) is 6.07 Å². The highest BCUT2D eigenvalue weighted by Gasteiger charge is 2.21. The van der Waals surface area contributed by atoms with Crippen molar-refractivity contribution in [1.29, 1.82) is 0 Å². The Balaban J connectivity index is 1.56. The van der Waals surface area contributed by atoms with Gasteiger partial charge in [0, 0.05) is 36.7 Å². The third kappa shape index (κ3) is 5.46. The highest BCUT2D eigenvalue weighted by molar-refractivity contribution is 5.95. The summed E-state index contributed by atoms with van der Waals surface area (Å²) in [6, 6.07) is 8.35. The van der Waals surface area contributed by atoms with Gasteiger partial charge in [-0.25, -0.2) is 4.39 Å². The molecule has 5 nitrogen and oxygen atoms in total. The number of hydrogen-bond donors (Lipinski definition) is 1. The lowest BCUT2D eigenvalue weighted by atomic mass is 9.96. The number of nitrogens with zero attached hydrogens (tertiary/aromatic N) is 3. The van der Waals surface area contributed by atoms with E-state index >= 15 is 0 Å². The number of aryl methyl sites for hydroxylation is 1. The van der Waals surface area contributed by atoms with Crippen molar-refractivity contribution in [3.05, 3.63) is 53.1 Å². The highest BCUT2D eigenvalue weighted by atomic mass is 19.1. The lowest BCUT2D eigenvalue weighted by Crippen LogP contribution is -2.41. The van der Waals surface area contributed by atoms with Crippen LogP contribution in [0.1, 0.15) is 34.6 Å². The molecule has 0 unspecified atom stereocenters. The predicted octanol–water partition coefficient (Wildman–Crippen LogP) is 3.24. The Morgan fingerprint density at radius 3 is 2.59 bits per heavy atom. The zero-order valence-corrected chi connectivity index (χ0v) is 18.0. The fourth-order valence-corrected chi connectivity index (χ4v) is 4.09. The summed E-state index contributed by atoms with van der Waals surface area (Å²) in [7, 11) is 4.21. The van der Waals surface area contributed by atoms with Gasteiger partial charge in [0.15, 0.2) is 0 Å². The number of aromatic nitrogens is 1. The summed E-state index contributed by atoms with van der Waals surface area (Å²) in [5, 5.41) is 3.12. The second-order valence-corrected chi connectivity index (χ2v) is 8.40. The maximum absolute atomic E-state index is 13.6. The van der Waals surface area contributed by atoms with Gasteiger partial charge < -0.3 is 19.7 Å². The Labute approximate surface area is 173 Å². The largest absolute Gasteiger partial charge is 0.352 e. The van der Waals surface area contributed by atoms with Crippen LogP contribution in [-0.4, -0.2) is 67.1 Å². The number of carbonyl (C=O) groups is 1. The van der Waals surface area contributed by atoms with Crippen molar-refractivity contribution in [2.24, 2.45) is 5.92 Å². The van der Waals surface area contributed by atoms with E-state index in [0.29, 0.717) is 18.0 Å². The van der Waals surface area contributed by atoms with E-state index in [1.165, 1.54) is 12.1 Å². The van der Waals surface area contributed by atoms with Crippen LogP contribution in [-0.2, 0) is 0 Å². The van der Waals surface area contributed by atoms with E-state index < -0.39 is 0 Å². The van der Waals surface area contributed by atoms with Crippen molar-refractivity contribution < 1.29 is 9.18 Å². The average molecular weight is 401 g/mol. The molecule has 29 heavy (non-hydrogen) atoms. The molecule has 1 saturated heterocycles. The molecule has 0 saturated carbocycles. The standard InChI is InChI=1S/C23H33FN4O/c1-17-14-22(18(2)28(17)21-7-5-6-20(24)15-21)23(29)25-16-19-8-10-27(11-9-19)13-12-26(3)4/h5-7,14-15,19H,8-13,16H2,1-4H3,(H,25,29). The minimum atomic E-state index is -0.280. The molecule has 3 rings (SSSR count). The smallest absolute Gasteiger partial charge is 0.253 e. The van der Waals surface area contributed by atoms with Gasteiger partial charge in [-0.3, -0.25) is 4.79 Å². The summed E-state index contributed by atoms with van der Waals surface area (Å²) in [5.74, 6) is 0.204. The van der Waals surface area contributed by atoms with E-state index in [9.17, 15) is 9.18 Å². The number of rotatable bonds is 7. The fraction of sp³-hybridized carbons (Fsp3) is 0.522. The van der Waals surface area contributed by atoms with E-state index in [4.69, 9.17) is 0 Å². The predicted molar refractivity (Wildman–Crippen MR) is 115 cm³/mol. The van der Waals surface area contributed by atoms with E-state index in [1.807, 2.05) is 30.5 Å². The van der Waals surface area contributed by atoms with Gasteiger partial charge in [-0.15, -0.1) is 0 Å². The minimum Gasteiger partial charge on any atom is -0.352 e. The zero-order chi connectivity index (χ0) is 21.0. The van der Waals surface area contributed by atoms with Crippen LogP contribution in [0, 0.1) is 25.6 Å². The van der Waals surface area contributed by atoms with Gasteiger partial charge in [0.05, 0.1) is 5.56 Å². The summed E-state index contributed by atoms with van der Waals surface area (Å²) < 4.78 is 15.6. The molecule has 0 atom stereocenters. The van der Waals surface area contributed by atoms with Gasteiger partial charge in [-0.1, -0.05) is 6.07 Å². The molecule has 0 radical (unpaired) electrons. The van der Waals surface area contributed by atoms with Gasteiger partial charge in [0.2, 0.25) is 0 Å². The first-order valence-electron chi connectivity index (χ1n) is 10.5. The van der Waals surface area contributed by atoms with Crippen molar-refractivity contribution in [3.8, 4) is 5.69 Å². The minimum absolute atomic E-state index is 0.0456. The van der Waals surface area contributed by atoms with Crippen LogP contribution < -0.4 is 5.32 Å². The average Bonchev–Trinajstić information content (AvgIpc) is 2.99. The molecule has 158 valence electrons. The molecule has 0 bridgehead atoms.